The van der Waals surface area contributed by atoms with Gasteiger partial charge in [0, 0.05) is 31.9 Å². The molecule has 5 rings (SSSR count). The maximum atomic E-state index is 13.2. The molecule has 1 aromatic heterocycles. The molecule has 1 aliphatic heterocycles. The van der Waals surface area contributed by atoms with Crippen LogP contribution in [0, 0.1) is 0 Å². The molecular formula is C25H23N5O5S. The fourth-order valence-electron chi connectivity index (χ4n) is 4.07. The predicted octanol–water partition coefficient (Wildman–Crippen LogP) is 2.12. The molecule has 0 radical (unpaired) electrons. The van der Waals surface area contributed by atoms with E-state index in [1.54, 1.807) is 24.3 Å². The number of piperazine rings is 1. The number of benzene rings is 3. The molecule has 0 saturated carbocycles. The average Bonchev–Trinajstić information content (AvgIpc) is 2.93. The van der Waals surface area contributed by atoms with E-state index in [1.807, 2.05) is 30.3 Å². The second kappa shape index (κ2) is 9.88. The number of rotatable bonds is 6. The Labute approximate surface area is 207 Å². The van der Waals surface area contributed by atoms with Gasteiger partial charge in [0.2, 0.25) is 10.0 Å². The summed E-state index contributed by atoms with van der Waals surface area (Å²) in [5.74, 6) is -0.775. The normalized spacial score (nSPS) is 14.6. The number of esters is 1. The van der Waals surface area contributed by atoms with Crippen molar-refractivity contribution in [3.8, 4) is 0 Å². The zero-order valence-electron chi connectivity index (χ0n) is 19.2. The van der Waals surface area contributed by atoms with E-state index in [4.69, 9.17) is 4.74 Å². The molecule has 0 spiro atoms. The molecule has 0 amide bonds. The van der Waals surface area contributed by atoms with Crippen LogP contribution in [-0.2, 0) is 21.5 Å². The minimum Gasteiger partial charge on any atom is -0.439 e. The number of carbonyl (C=O) groups excluding carboxylic acids is 1. The van der Waals surface area contributed by atoms with Gasteiger partial charge in [0.05, 0.1) is 15.8 Å². The first-order chi connectivity index (χ1) is 17.4. The van der Waals surface area contributed by atoms with E-state index in [0.29, 0.717) is 37.1 Å². The lowest BCUT2D eigenvalue weighted by molar-refractivity contribution is 0.0336. The van der Waals surface area contributed by atoms with Gasteiger partial charge in [-0.3, -0.25) is 4.79 Å². The van der Waals surface area contributed by atoms with Crippen LogP contribution in [0.1, 0.15) is 10.4 Å². The Balaban J connectivity index is 1.27. The number of sulfonamides is 1. The molecule has 11 heteroatoms. The van der Waals surface area contributed by atoms with E-state index in [-0.39, 0.29) is 10.5 Å². The number of carbonyl (C=O) groups is 1. The number of hydrogen-bond acceptors (Lipinski definition) is 8. The molecule has 1 fully saturated rings. The Bertz CT molecular complexity index is 1560. The molecule has 1 aliphatic rings. The number of ether oxygens (including phenoxy) is 1. The number of para-hydroxylation sites is 1. The molecule has 36 heavy (non-hydrogen) atoms. The SMILES string of the molecule is O=C(OCn1nnc2ccccc2c1=O)c1cccc(S(=O)(=O)N2CCN(c3ccccc3)CC2)c1. The molecule has 2 heterocycles. The molecule has 0 bridgehead atoms. The predicted molar refractivity (Wildman–Crippen MR) is 133 cm³/mol. The second-order valence-corrected chi connectivity index (χ2v) is 10.2. The van der Waals surface area contributed by atoms with Crippen molar-refractivity contribution in [2.45, 2.75) is 11.6 Å². The van der Waals surface area contributed by atoms with Gasteiger partial charge in [-0.2, -0.15) is 8.99 Å². The zero-order chi connectivity index (χ0) is 25.1. The number of aromatic nitrogens is 3. The van der Waals surface area contributed by atoms with Gasteiger partial charge in [0.15, 0.2) is 6.73 Å². The number of fused-ring (bicyclic) bond motifs is 1. The van der Waals surface area contributed by atoms with Crippen molar-refractivity contribution in [2.75, 3.05) is 31.1 Å². The van der Waals surface area contributed by atoms with Crippen molar-refractivity contribution in [1.82, 2.24) is 19.3 Å². The lowest BCUT2D eigenvalue weighted by atomic mass is 10.2. The minimum atomic E-state index is -3.80. The van der Waals surface area contributed by atoms with Crippen molar-refractivity contribution in [2.24, 2.45) is 0 Å². The fourth-order valence-corrected chi connectivity index (χ4v) is 5.54. The molecule has 0 atom stereocenters. The molecule has 0 unspecified atom stereocenters. The van der Waals surface area contributed by atoms with Crippen LogP contribution in [-0.4, -0.2) is 59.9 Å². The Kier molecular flexibility index (Phi) is 6.49. The number of anilines is 1. The van der Waals surface area contributed by atoms with E-state index < -0.39 is 28.3 Å². The van der Waals surface area contributed by atoms with E-state index in [2.05, 4.69) is 15.2 Å². The zero-order valence-corrected chi connectivity index (χ0v) is 20.0. The average molecular weight is 506 g/mol. The highest BCUT2D eigenvalue weighted by Crippen LogP contribution is 2.22. The number of hydrogen-bond donors (Lipinski definition) is 0. The lowest BCUT2D eigenvalue weighted by Crippen LogP contribution is -2.48. The third kappa shape index (κ3) is 4.70. The first-order valence-electron chi connectivity index (χ1n) is 11.3. The summed E-state index contributed by atoms with van der Waals surface area (Å²) >= 11 is 0. The Morgan fingerprint density at radius 1 is 0.889 bits per heavy atom. The van der Waals surface area contributed by atoms with Crippen molar-refractivity contribution < 1.29 is 17.9 Å². The largest absolute Gasteiger partial charge is 0.439 e. The van der Waals surface area contributed by atoms with Gasteiger partial charge in [-0.15, -0.1) is 5.10 Å². The molecule has 3 aromatic carbocycles. The van der Waals surface area contributed by atoms with Crippen LogP contribution in [0.15, 0.2) is 88.6 Å². The van der Waals surface area contributed by atoms with Crippen LogP contribution in [0.4, 0.5) is 5.69 Å². The van der Waals surface area contributed by atoms with Gasteiger partial charge in [-0.05, 0) is 42.5 Å². The summed E-state index contributed by atoms with van der Waals surface area (Å²) in [7, 11) is -3.80. The summed E-state index contributed by atoms with van der Waals surface area (Å²) < 4.78 is 34.1. The summed E-state index contributed by atoms with van der Waals surface area (Å²) in [6.07, 6.45) is 0. The van der Waals surface area contributed by atoms with E-state index in [9.17, 15) is 18.0 Å². The topological polar surface area (TPSA) is 115 Å². The smallest absolute Gasteiger partial charge is 0.339 e. The van der Waals surface area contributed by atoms with Crippen molar-refractivity contribution in [3.05, 3.63) is 94.8 Å². The van der Waals surface area contributed by atoms with Gasteiger partial charge >= 0.3 is 5.97 Å². The van der Waals surface area contributed by atoms with Gasteiger partial charge in [-0.25, -0.2) is 13.2 Å². The van der Waals surface area contributed by atoms with Gasteiger partial charge in [-0.1, -0.05) is 41.6 Å². The summed E-state index contributed by atoms with van der Waals surface area (Å²) in [4.78, 5) is 27.3. The maximum absolute atomic E-state index is 13.2. The van der Waals surface area contributed by atoms with Crippen LogP contribution < -0.4 is 10.5 Å². The second-order valence-electron chi connectivity index (χ2n) is 8.23. The molecule has 0 aliphatic carbocycles. The summed E-state index contributed by atoms with van der Waals surface area (Å²) in [6.45, 7) is 1.33. The van der Waals surface area contributed by atoms with E-state index in [0.717, 1.165) is 10.4 Å². The highest BCUT2D eigenvalue weighted by Gasteiger charge is 2.29. The van der Waals surface area contributed by atoms with Gasteiger partial charge < -0.3 is 9.64 Å². The monoisotopic (exact) mass is 505 g/mol. The fraction of sp³-hybridized carbons (Fsp3) is 0.200. The van der Waals surface area contributed by atoms with Gasteiger partial charge in [0.1, 0.15) is 5.52 Å². The van der Waals surface area contributed by atoms with Crippen molar-refractivity contribution in [3.63, 3.8) is 0 Å². The third-order valence-corrected chi connectivity index (χ3v) is 7.91. The molecule has 0 N–H and O–H groups in total. The molecule has 4 aromatic rings. The summed E-state index contributed by atoms with van der Waals surface area (Å²) in [5.41, 5.74) is 1.10. The van der Waals surface area contributed by atoms with Crippen LogP contribution in [0.2, 0.25) is 0 Å². The van der Waals surface area contributed by atoms with Crippen molar-refractivity contribution in [1.29, 1.82) is 0 Å². The maximum Gasteiger partial charge on any atom is 0.339 e. The number of nitrogens with zero attached hydrogens (tertiary/aromatic N) is 5. The Morgan fingerprint density at radius 3 is 2.39 bits per heavy atom. The Morgan fingerprint density at radius 2 is 1.61 bits per heavy atom. The minimum absolute atomic E-state index is 0.00720. The molecule has 184 valence electrons. The molecule has 1 saturated heterocycles. The van der Waals surface area contributed by atoms with Crippen LogP contribution in [0.25, 0.3) is 10.9 Å². The van der Waals surface area contributed by atoms with E-state index in [1.165, 1.54) is 28.6 Å². The Hall–Kier alpha value is -4.09. The third-order valence-electron chi connectivity index (χ3n) is 6.01. The van der Waals surface area contributed by atoms with Gasteiger partial charge in [0.25, 0.3) is 5.56 Å². The first-order valence-corrected chi connectivity index (χ1v) is 12.8. The summed E-state index contributed by atoms with van der Waals surface area (Å²) in [6, 6.07) is 22.2. The summed E-state index contributed by atoms with van der Waals surface area (Å²) in [5, 5.41) is 8.09. The standard InChI is InChI=1S/C25H23N5O5S/c31-24-22-11-4-5-12-23(22)26-27-30(24)18-35-25(32)19-7-6-10-21(17-19)36(33,34)29-15-13-28(14-16-29)20-8-2-1-3-9-20/h1-12,17H,13-16,18H2. The van der Waals surface area contributed by atoms with E-state index >= 15 is 0 Å². The highest BCUT2D eigenvalue weighted by molar-refractivity contribution is 7.89. The highest BCUT2D eigenvalue weighted by atomic mass is 32.2. The molecular weight excluding hydrogens is 482 g/mol. The lowest BCUT2D eigenvalue weighted by Gasteiger charge is -2.35. The van der Waals surface area contributed by atoms with Crippen molar-refractivity contribution >= 4 is 32.6 Å². The first kappa shape index (κ1) is 23.6. The van der Waals surface area contributed by atoms with Crippen LogP contribution >= 0.6 is 0 Å². The quantitative estimate of drug-likeness (QED) is 0.366. The van der Waals surface area contributed by atoms with Crippen LogP contribution in [0.5, 0.6) is 0 Å². The van der Waals surface area contributed by atoms with Crippen LogP contribution in [0.3, 0.4) is 0 Å². The molecule has 10 nitrogen and oxygen atoms in total.